The van der Waals surface area contributed by atoms with Crippen LogP contribution in [-0.2, 0) is 20.3 Å². The predicted octanol–water partition coefficient (Wildman–Crippen LogP) is 2.10. The first-order valence-electron chi connectivity index (χ1n) is 8.33. The maximum Gasteiger partial charge on any atom is 0.421 e. The van der Waals surface area contributed by atoms with Crippen molar-refractivity contribution in [1.82, 2.24) is 29.3 Å². The first-order chi connectivity index (χ1) is 13.6. The maximum absolute atomic E-state index is 13.3. The Bertz CT molecular complexity index is 1370. The number of aryl methyl sites for hydroxylation is 2. The molecule has 4 aromatic rings. The second-order valence-corrected chi connectivity index (χ2v) is 6.41. The minimum Gasteiger partial charge on any atom is -0.317 e. The van der Waals surface area contributed by atoms with Gasteiger partial charge in [0.2, 0.25) is 5.56 Å². The molecule has 0 unspecified atom stereocenters. The zero-order valence-corrected chi connectivity index (χ0v) is 15.2. The summed E-state index contributed by atoms with van der Waals surface area (Å²) in [4.78, 5) is 34.9. The highest BCUT2D eigenvalue weighted by Gasteiger charge is 2.35. The van der Waals surface area contributed by atoms with Crippen LogP contribution in [0.3, 0.4) is 0 Å². The number of fused-ring (bicyclic) bond motifs is 1. The number of H-pyrrole nitrogens is 1. The predicted molar refractivity (Wildman–Crippen MR) is 98.0 cm³/mol. The van der Waals surface area contributed by atoms with E-state index in [-0.39, 0.29) is 28.1 Å². The van der Waals surface area contributed by atoms with Crippen LogP contribution in [0.1, 0.15) is 5.56 Å². The van der Waals surface area contributed by atoms with Crippen LogP contribution in [0.5, 0.6) is 0 Å². The molecular weight excluding hydrogens is 389 g/mol. The lowest BCUT2D eigenvalue weighted by molar-refractivity contribution is -0.138. The molecule has 0 atom stereocenters. The van der Waals surface area contributed by atoms with Gasteiger partial charge < -0.3 is 9.55 Å². The van der Waals surface area contributed by atoms with E-state index in [0.717, 1.165) is 10.6 Å². The van der Waals surface area contributed by atoms with Gasteiger partial charge in [0, 0.05) is 38.1 Å². The van der Waals surface area contributed by atoms with Crippen LogP contribution in [0.25, 0.3) is 33.8 Å². The van der Waals surface area contributed by atoms with E-state index in [1.54, 1.807) is 19.3 Å². The van der Waals surface area contributed by atoms with Crippen molar-refractivity contribution in [2.75, 3.05) is 0 Å². The summed E-state index contributed by atoms with van der Waals surface area (Å²) in [6, 6.07) is 5.02. The van der Waals surface area contributed by atoms with Crippen molar-refractivity contribution in [3.8, 4) is 22.6 Å². The molecule has 0 aromatic carbocycles. The van der Waals surface area contributed by atoms with Gasteiger partial charge in [-0.05, 0) is 18.2 Å². The second-order valence-electron chi connectivity index (χ2n) is 6.41. The summed E-state index contributed by atoms with van der Waals surface area (Å²) in [6.07, 6.45) is -1.93. The number of nitrogens with one attached hydrogen (secondary N) is 1. The van der Waals surface area contributed by atoms with Crippen LogP contribution >= 0.6 is 0 Å². The third-order valence-electron chi connectivity index (χ3n) is 4.28. The van der Waals surface area contributed by atoms with Gasteiger partial charge in [0.05, 0.1) is 0 Å². The number of halogens is 3. The largest absolute Gasteiger partial charge is 0.421 e. The number of hydrogen-bond donors (Lipinski definition) is 1. The Morgan fingerprint density at radius 1 is 1.03 bits per heavy atom. The van der Waals surface area contributed by atoms with Gasteiger partial charge >= 0.3 is 6.18 Å². The molecule has 0 aliphatic carbocycles. The summed E-state index contributed by atoms with van der Waals surface area (Å²) in [6.45, 7) is 0. The lowest BCUT2D eigenvalue weighted by Crippen LogP contribution is -2.26. The van der Waals surface area contributed by atoms with Crippen LogP contribution in [0.15, 0.2) is 46.2 Å². The molecule has 4 rings (SSSR count). The monoisotopic (exact) mass is 402 g/mol. The number of aromatic amines is 1. The molecule has 11 heteroatoms. The smallest absolute Gasteiger partial charge is 0.317 e. The van der Waals surface area contributed by atoms with E-state index < -0.39 is 22.9 Å². The third kappa shape index (κ3) is 3.30. The van der Waals surface area contributed by atoms with Crippen LogP contribution in [0, 0.1) is 0 Å². The van der Waals surface area contributed by atoms with Gasteiger partial charge in [0.25, 0.3) is 5.56 Å². The molecule has 4 heterocycles. The summed E-state index contributed by atoms with van der Waals surface area (Å²) < 4.78 is 42.4. The van der Waals surface area contributed by atoms with Gasteiger partial charge in [-0.3, -0.25) is 14.3 Å². The molecule has 1 N–H and O–H groups in total. The minimum absolute atomic E-state index is 0.0423. The molecule has 148 valence electrons. The Morgan fingerprint density at radius 2 is 1.79 bits per heavy atom. The molecule has 0 amide bonds. The first kappa shape index (κ1) is 18.6. The van der Waals surface area contributed by atoms with E-state index in [1.807, 2.05) is 0 Å². The van der Waals surface area contributed by atoms with Crippen molar-refractivity contribution in [2.45, 2.75) is 6.18 Å². The molecule has 29 heavy (non-hydrogen) atoms. The molecule has 0 saturated heterocycles. The lowest BCUT2D eigenvalue weighted by Gasteiger charge is -2.13. The first-order valence-corrected chi connectivity index (χ1v) is 8.33. The van der Waals surface area contributed by atoms with Gasteiger partial charge in [-0.2, -0.15) is 18.3 Å². The number of rotatable bonds is 2. The van der Waals surface area contributed by atoms with Gasteiger partial charge in [-0.15, -0.1) is 0 Å². The van der Waals surface area contributed by atoms with Crippen molar-refractivity contribution >= 4 is 11.2 Å². The molecule has 0 spiro atoms. The topological polar surface area (TPSA) is 98.5 Å². The summed E-state index contributed by atoms with van der Waals surface area (Å²) in [7, 11) is 2.90. The van der Waals surface area contributed by atoms with Crippen molar-refractivity contribution in [1.29, 1.82) is 0 Å². The zero-order chi connectivity index (χ0) is 20.9. The molecule has 8 nitrogen and oxygen atoms in total. The highest BCUT2D eigenvalue weighted by atomic mass is 19.4. The highest BCUT2D eigenvalue weighted by Crippen LogP contribution is 2.33. The van der Waals surface area contributed by atoms with Gasteiger partial charge in [0.1, 0.15) is 28.2 Å². The van der Waals surface area contributed by atoms with Crippen LogP contribution in [0.2, 0.25) is 0 Å². The zero-order valence-electron chi connectivity index (χ0n) is 15.2. The SMILES string of the molecule is Cn1ccc(-c2nc3[nH]c(=O)ccc3nc2-c2cc(C(F)(F)F)c(=O)n(C)c2)n1. The summed E-state index contributed by atoms with van der Waals surface area (Å²) >= 11 is 0. The quantitative estimate of drug-likeness (QED) is 0.554. The maximum atomic E-state index is 13.3. The fourth-order valence-corrected chi connectivity index (χ4v) is 2.94. The van der Waals surface area contributed by atoms with Crippen LogP contribution in [-0.4, -0.2) is 29.3 Å². The minimum atomic E-state index is -4.83. The van der Waals surface area contributed by atoms with E-state index in [4.69, 9.17) is 0 Å². The number of alkyl halides is 3. The Kier molecular flexibility index (Phi) is 4.10. The average molecular weight is 402 g/mol. The molecule has 0 aliphatic rings. The molecule has 0 radical (unpaired) electrons. The number of nitrogens with zero attached hydrogens (tertiary/aromatic N) is 5. The normalized spacial score (nSPS) is 11.9. The van der Waals surface area contributed by atoms with E-state index >= 15 is 0 Å². The van der Waals surface area contributed by atoms with Crippen molar-refractivity contribution in [3.05, 3.63) is 62.9 Å². The van der Waals surface area contributed by atoms with E-state index in [1.165, 1.54) is 30.1 Å². The Balaban J connectivity index is 2.08. The standard InChI is InChI=1S/C18H13F3N6O2/c1-26-8-9(7-10(17(26)29)18(19,20)21)14-15(11-5-6-27(2)25-11)24-16-12(22-14)3-4-13(28)23-16/h3-8H,1-2H3,(H,23,24,28). The molecule has 0 bridgehead atoms. The summed E-state index contributed by atoms with van der Waals surface area (Å²) in [5, 5.41) is 4.24. The van der Waals surface area contributed by atoms with Crippen molar-refractivity contribution in [2.24, 2.45) is 14.1 Å². The molecule has 0 fully saturated rings. The lowest BCUT2D eigenvalue weighted by atomic mass is 10.1. The molecule has 4 aromatic heterocycles. The molecule has 0 aliphatic heterocycles. The van der Waals surface area contributed by atoms with E-state index in [0.29, 0.717) is 5.69 Å². The fraction of sp³-hybridized carbons (Fsp3) is 0.167. The van der Waals surface area contributed by atoms with Gasteiger partial charge in [-0.1, -0.05) is 0 Å². The van der Waals surface area contributed by atoms with Crippen LogP contribution in [0.4, 0.5) is 13.2 Å². The third-order valence-corrected chi connectivity index (χ3v) is 4.28. The molecule has 0 saturated carbocycles. The van der Waals surface area contributed by atoms with E-state index in [2.05, 4.69) is 20.1 Å². The van der Waals surface area contributed by atoms with Gasteiger partial charge in [-0.25, -0.2) is 9.97 Å². The number of pyridine rings is 2. The Morgan fingerprint density at radius 3 is 2.45 bits per heavy atom. The van der Waals surface area contributed by atoms with Crippen LogP contribution < -0.4 is 11.1 Å². The molecular formula is C18H13F3N6O2. The summed E-state index contributed by atoms with van der Waals surface area (Å²) in [5.41, 5.74) is -1.76. The fourth-order valence-electron chi connectivity index (χ4n) is 2.94. The average Bonchev–Trinajstić information content (AvgIpc) is 3.08. The summed E-state index contributed by atoms with van der Waals surface area (Å²) in [5.74, 6) is 0. The Hall–Kier alpha value is -3.76. The van der Waals surface area contributed by atoms with E-state index in [9.17, 15) is 22.8 Å². The number of hydrogen-bond acceptors (Lipinski definition) is 5. The van der Waals surface area contributed by atoms with Crippen molar-refractivity contribution in [3.63, 3.8) is 0 Å². The Labute approximate surface area is 160 Å². The highest BCUT2D eigenvalue weighted by molar-refractivity contribution is 5.83. The number of aromatic nitrogens is 6. The van der Waals surface area contributed by atoms with Gasteiger partial charge in [0.15, 0.2) is 5.65 Å². The van der Waals surface area contributed by atoms with Crippen molar-refractivity contribution < 1.29 is 13.2 Å². The second kappa shape index (κ2) is 6.40.